The Bertz CT molecular complexity index is 330. The Morgan fingerprint density at radius 1 is 1.31 bits per heavy atom. The summed E-state index contributed by atoms with van der Waals surface area (Å²) in [5, 5.41) is 0. The number of sulfone groups is 1. The molecule has 2 fully saturated rings. The van der Waals surface area contributed by atoms with Crippen molar-refractivity contribution in [2.75, 3.05) is 11.5 Å². The molecule has 1 aliphatic carbocycles. The molecular weight excluding hydrogens is 188 g/mol. The van der Waals surface area contributed by atoms with Gasteiger partial charge in [-0.15, -0.1) is 0 Å². The van der Waals surface area contributed by atoms with Gasteiger partial charge in [0.15, 0.2) is 9.84 Å². The maximum Gasteiger partial charge on any atom is 0.152 e. The molecule has 0 aromatic carbocycles. The molecule has 0 aromatic heterocycles. The van der Waals surface area contributed by atoms with Crippen molar-refractivity contribution in [1.82, 2.24) is 0 Å². The number of nitrogens with two attached hydrogens (primary N) is 1. The second kappa shape index (κ2) is 2.97. The summed E-state index contributed by atoms with van der Waals surface area (Å²) in [4.78, 5) is 4.25. The zero-order valence-corrected chi connectivity index (χ0v) is 8.26. The molecule has 1 aliphatic heterocycles. The summed E-state index contributed by atoms with van der Waals surface area (Å²) in [6.07, 6.45) is 2.89. The van der Waals surface area contributed by atoms with Crippen LogP contribution in [-0.2, 0) is 9.84 Å². The first-order valence-electron chi connectivity index (χ1n) is 4.60. The molecule has 2 N–H and O–H groups in total. The average molecular weight is 202 g/mol. The Kier molecular flexibility index (Phi) is 2.06. The second-order valence-corrected chi connectivity index (χ2v) is 6.11. The number of rotatable bonds is 2. The number of nitrogens with zero attached hydrogens (tertiary/aromatic N) is 1. The number of hydrogen-bond donors (Lipinski definition) is 1. The van der Waals surface area contributed by atoms with Gasteiger partial charge < -0.3 is 5.73 Å². The molecule has 1 heterocycles. The van der Waals surface area contributed by atoms with E-state index in [1.807, 2.05) is 0 Å². The maximum atomic E-state index is 11.1. The zero-order chi connectivity index (χ0) is 9.47. The molecule has 13 heavy (non-hydrogen) atoms. The van der Waals surface area contributed by atoms with Crippen LogP contribution in [0.1, 0.15) is 19.3 Å². The van der Waals surface area contributed by atoms with Gasteiger partial charge in [0.25, 0.3) is 0 Å². The Balaban J connectivity index is 2.00. The van der Waals surface area contributed by atoms with Crippen molar-refractivity contribution in [3.63, 3.8) is 0 Å². The lowest BCUT2D eigenvalue weighted by atomic mass is 10.3. The number of hydrogen-bond acceptors (Lipinski definition) is 3. The predicted molar refractivity (Wildman–Crippen MR) is 51.4 cm³/mol. The minimum Gasteiger partial charge on any atom is -0.387 e. The molecule has 0 aromatic rings. The first-order chi connectivity index (χ1) is 6.07. The van der Waals surface area contributed by atoms with Crippen LogP contribution in [0.15, 0.2) is 4.99 Å². The Morgan fingerprint density at radius 3 is 2.46 bits per heavy atom. The van der Waals surface area contributed by atoms with E-state index in [2.05, 4.69) is 4.99 Å². The molecule has 2 rings (SSSR count). The van der Waals surface area contributed by atoms with Gasteiger partial charge >= 0.3 is 0 Å². The van der Waals surface area contributed by atoms with Crippen LogP contribution in [0, 0.1) is 5.92 Å². The molecule has 1 saturated heterocycles. The molecule has 74 valence electrons. The summed E-state index contributed by atoms with van der Waals surface area (Å²) in [6, 6.07) is -0.0643. The summed E-state index contributed by atoms with van der Waals surface area (Å²) in [5.41, 5.74) is 5.70. The van der Waals surface area contributed by atoms with Crippen molar-refractivity contribution in [2.24, 2.45) is 16.6 Å². The van der Waals surface area contributed by atoms with Crippen molar-refractivity contribution >= 4 is 15.7 Å². The van der Waals surface area contributed by atoms with Gasteiger partial charge in [0, 0.05) is 5.92 Å². The van der Waals surface area contributed by atoms with Crippen LogP contribution in [0.3, 0.4) is 0 Å². The third-order valence-electron chi connectivity index (χ3n) is 2.54. The van der Waals surface area contributed by atoms with Crippen LogP contribution < -0.4 is 5.73 Å². The lowest BCUT2D eigenvalue weighted by Gasteiger charge is -2.02. The van der Waals surface area contributed by atoms with Crippen molar-refractivity contribution in [1.29, 1.82) is 0 Å². The van der Waals surface area contributed by atoms with E-state index in [0.29, 0.717) is 18.2 Å². The maximum absolute atomic E-state index is 11.1. The highest BCUT2D eigenvalue weighted by atomic mass is 32.2. The van der Waals surface area contributed by atoms with Gasteiger partial charge in [-0.05, 0) is 19.3 Å². The van der Waals surface area contributed by atoms with Crippen LogP contribution in [0.5, 0.6) is 0 Å². The molecule has 1 unspecified atom stereocenters. The van der Waals surface area contributed by atoms with E-state index in [4.69, 9.17) is 5.73 Å². The van der Waals surface area contributed by atoms with Gasteiger partial charge in [0.05, 0.1) is 23.4 Å². The van der Waals surface area contributed by atoms with Gasteiger partial charge in [-0.3, -0.25) is 4.99 Å². The zero-order valence-electron chi connectivity index (χ0n) is 7.44. The molecular formula is C8H14N2O2S. The topological polar surface area (TPSA) is 72.5 Å². The molecule has 5 heteroatoms. The number of amidine groups is 1. The van der Waals surface area contributed by atoms with Crippen LogP contribution >= 0.6 is 0 Å². The van der Waals surface area contributed by atoms with Gasteiger partial charge in [-0.2, -0.15) is 0 Å². The molecule has 4 nitrogen and oxygen atoms in total. The highest BCUT2D eigenvalue weighted by molar-refractivity contribution is 7.91. The Morgan fingerprint density at radius 2 is 2.00 bits per heavy atom. The second-order valence-electron chi connectivity index (χ2n) is 3.89. The third kappa shape index (κ3) is 2.21. The lowest BCUT2D eigenvalue weighted by Crippen LogP contribution is -2.19. The van der Waals surface area contributed by atoms with Gasteiger partial charge in [0.2, 0.25) is 0 Å². The van der Waals surface area contributed by atoms with E-state index < -0.39 is 9.84 Å². The van der Waals surface area contributed by atoms with Crippen molar-refractivity contribution in [3.05, 3.63) is 0 Å². The predicted octanol–water partition coefficient (Wildman–Crippen LogP) is -0.0593. The van der Waals surface area contributed by atoms with Crippen molar-refractivity contribution in [3.8, 4) is 0 Å². The van der Waals surface area contributed by atoms with E-state index in [1.165, 1.54) is 0 Å². The first-order valence-corrected chi connectivity index (χ1v) is 6.42. The van der Waals surface area contributed by atoms with E-state index in [9.17, 15) is 8.42 Å². The average Bonchev–Trinajstić information content (AvgIpc) is 2.78. The minimum atomic E-state index is -2.81. The van der Waals surface area contributed by atoms with E-state index >= 15 is 0 Å². The monoisotopic (exact) mass is 202 g/mol. The largest absolute Gasteiger partial charge is 0.387 e. The quantitative estimate of drug-likeness (QED) is 0.503. The SMILES string of the molecule is NC(=NC1CCS(=O)(=O)C1)C1CC1. The number of aliphatic imine (C=N–C) groups is 1. The molecule has 0 bridgehead atoms. The van der Waals surface area contributed by atoms with Crippen molar-refractivity contribution < 1.29 is 8.42 Å². The van der Waals surface area contributed by atoms with Crippen LogP contribution in [-0.4, -0.2) is 31.8 Å². The summed E-state index contributed by atoms with van der Waals surface area (Å²) in [5.74, 6) is 1.59. The molecule has 2 aliphatic rings. The van der Waals surface area contributed by atoms with E-state index in [0.717, 1.165) is 12.8 Å². The Hall–Kier alpha value is -0.580. The fourth-order valence-electron chi connectivity index (χ4n) is 1.57. The Labute approximate surface area is 78.1 Å². The van der Waals surface area contributed by atoms with Crippen LogP contribution in [0.25, 0.3) is 0 Å². The van der Waals surface area contributed by atoms with Crippen molar-refractivity contribution in [2.45, 2.75) is 25.3 Å². The fourth-order valence-corrected chi connectivity index (χ4v) is 3.20. The minimum absolute atomic E-state index is 0.0643. The molecule has 1 atom stereocenters. The smallest absolute Gasteiger partial charge is 0.152 e. The third-order valence-corrected chi connectivity index (χ3v) is 4.29. The first kappa shape index (κ1) is 8.99. The van der Waals surface area contributed by atoms with Gasteiger partial charge in [-0.1, -0.05) is 0 Å². The van der Waals surface area contributed by atoms with E-state index in [1.54, 1.807) is 0 Å². The summed E-state index contributed by atoms with van der Waals surface area (Å²) >= 11 is 0. The van der Waals surface area contributed by atoms with Gasteiger partial charge in [-0.25, -0.2) is 8.42 Å². The summed E-state index contributed by atoms with van der Waals surface area (Å²) in [7, 11) is -2.81. The highest BCUT2D eigenvalue weighted by Gasteiger charge is 2.30. The van der Waals surface area contributed by atoms with Gasteiger partial charge in [0.1, 0.15) is 0 Å². The summed E-state index contributed by atoms with van der Waals surface area (Å²) < 4.78 is 22.2. The fraction of sp³-hybridized carbons (Fsp3) is 0.875. The van der Waals surface area contributed by atoms with Crippen LogP contribution in [0.4, 0.5) is 0 Å². The highest BCUT2D eigenvalue weighted by Crippen LogP contribution is 2.29. The van der Waals surface area contributed by atoms with Crippen LogP contribution in [0.2, 0.25) is 0 Å². The normalized spacial score (nSPS) is 33.5. The van der Waals surface area contributed by atoms with E-state index in [-0.39, 0.29) is 17.5 Å². The molecule has 0 spiro atoms. The summed E-state index contributed by atoms with van der Waals surface area (Å²) in [6.45, 7) is 0. The molecule has 0 amide bonds. The standard InChI is InChI=1S/C8H14N2O2S/c9-8(6-1-2-6)10-7-3-4-13(11,12)5-7/h6-7H,1-5H2,(H2,9,10). The molecule has 1 saturated carbocycles. The molecule has 0 radical (unpaired) electrons. The lowest BCUT2D eigenvalue weighted by molar-refractivity contribution is 0.601.